The van der Waals surface area contributed by atoms with E-state index in [1.807, 2.05) is 41.8 Å². The lowest BCUT2D eigenvalue weighted by atomic mass is 9.95. The lowest BCUT2D eigenvalue weighted by molar-refractivity contribution is -0.123. The Hall–Kier alpha value is -3.33. The quantitative estimate of drug-likeness (QED) is 0.294. The number of amides is 1. The molecule has 190 valence electrons. The monoisotopic (exact) mass is 534 g/mol. The Morgan fingerprint density at radius 1 is 1.16 bits per heavy atom. The second kappa shape index (κ2) is 11.0. The van der Waals surface area contributed by atoms with Gasteiger partial charge in [-0.3, -0.25) is 20.0 Å². The van der Waals surface area contributed by atoms with Gasteiger partial charge in [-0.1, -0.05) is 48.9 Å². The number of pyridine rings is 1. The van der Waals surface area contributed by atoms with Crippen LogP contribution >= 0.6 is 22.9 Å². The zero-order valence-corrected chi connectivity index (χ0v) is 22.2. The number of halogens is 1. The van der Waals surface area contributed by atoms with Crippen molar-refractivity contribution in [3.8, 4) is 11.3 Å². The van der Waals surface area contributed by atoms with Crippen LogP contribution in [-0.4, -0.2) is 45.9 Å². The molecule has 0 radical (unpaired) electrons. The normalized spacial score (nSPS) is 14.2. The van der Waals surface area contributed by atoms with E-state index in [4.69, 9.17) is 21.3 Å². The maximum absolute atomic E-state index is 13.5. The van der Waals surface area contributed by atoms with Gasteiger partial charge < -0.3 is 4.74 Å². The van der Waals surface area contributed by atoms with Crippen molar-refractivity contribution in [1.29, 1.82) is 0 Å². The van der Waals surface area contributed by atoms with Crippen molar-refractivity contribution in [2.45, 2.75) is 39.3 Å². The van der Waals surface area contributed by atoms with Crippen molar-refractivity contribution in [3.63, 3.8) is 0 Å². The minimum atomic E-state index is -1.01. The molecule has 0 saturated heterocycles. The molecular weight excluding hydrogens is 508 g/mol. The molecule has 2 aromatic heterocycles. The zero-order valence-electron chi connectivity index (χ0n) is 20.7. The molecule has 0 saturated carbocycles. The van der Waals surface area contributed by atoms with Gasteiger partial charge in [0.2, 0.25) is 0 Å². The molecule has 1 aliphatic heterocycles. The molecule has 0 fully saturated rings. The van der Waals surface area contributed by atoms with Crippen LogP contribution < -0.4 is 5.32 Å². The van der Waals surface area contributed by atoms with E-state index in [1.54, 1.807) is 19.1 Å². The predicted octanol–water partition coefficient (Wildman–Crippen LogP) is 5.96. The van der Waals surface area contributed by atoms with E-state index in [9.17, 15) is 9.59 Å². The summed E-state index contributed by atoms with van der Waals surface area (Å²) in [6.45, 7) is 6.21. The van der Waals surface area contributed by atoms with Gasteiger partial charge in [-0.15, -0.1) is 11.3 Å². The van der Waals surface area contributed by atoms with Gasteiger partial charge in [0.25, 0.3) is 5.91 Å². The first-order valence-corrected chi connectivity index (χ1v) is 13.5. The lowest BCUT2D eigenvalue weighted by Gasteiger charge is -2.29. The highest BCUT2D eigenvalue weighted by Crippen LogP contribution is 2.30. The molecule has 1 N–H and O–H groups in total. The number of carbonyl (C=O) groups is 2. The Kier molecular flexibility index (Phi) is 7.50. The molecule has 1 aliphatic rings. The smallest absolute Gasteiger partial charge is 0.339 e. The molecular formula is C28H27ClN4O3S. The van der Waals surface area contributed by atoms with Crippen LogP contribution in [0.4, 0.5) is 5.13 Å². The number of nitrogens with one attached hydrogen (secondary N) is 1. The van der Waals surface area contributed by atoms with Crippen LogP contribution in [0.5, 0.6) is 0 Å². The van der Waals surface area contributed by atoms with E-state index < -0.39 is 18.0 Å². The zero-order chi connectivity index (χ0) is 25.9. The molecule has 0 bridgehead atoms. The van der Waals surface area contributed by atoms with E-state index in [0.29, 0.717) is 22.3 Å². The average molecular weight is 535 g/mol. The SMILES string of the molecule is CCCN1CCc2nc3ccccc3c(C(=O)OC(C)C(=O)Nc3nc(-c4ccc(Cl)cc4)cs3)c2C1. The van der Waals surface area contributed by atoms with Crippen molar-refractivity contribution in [2.24, 2.45) is 0 Å². The third-order valence-corrected chi connectivity index (χ3v) is 7.41. The standard InChI is InChI=1S/C28H27ClN4O3S/c1-3-13-33-14-12-23-21(15-33)25(20-6-4-5-7-22(20)30-23)27(35)36-17(2)26(34)32-28-31-24(16-37-28)18-8-10-19(29)11-9-18/h4-11,16-17H,3,12-15H2,1-2H3,(H,31,32,34). The van der Waals surface area contributed by atoms with Gasteiger partial charge in [0.05, 0.1) is 16.8 Å². The second-order valence-corrected chi connectivity index (χ2v) is 10.3. The molecule has 3 heterocycles. The van der Waals surface area contributed by atoms with E-state index in [0.717, 1.165) is 59.3 Å². The maximum Gasteiger partial charge on any atom is 0.339 e. The van der Waals surface area contributed by atoms with Crippen LogP contribution in [-0.2, 0) is 22.5 Å². The van der Waals surface area contributed by atoms with Crippen LogP contribution in [0.1, 0.15) is 41.9 Å². The molecule has 4 aromatic rings. The highest BCUT2D eigenvalue weighted by Gasteiger charge is 2.28. The highest BCUT2D eigenvalue weighted by molar-refractivity contribution is 7.14. The van der Waals surface area contributed by atoms with Crippen LogP contribution in [0.2, 0.25) is 5.02 Å². The van der Waals surface area contributed by atoms with E-state index in [1.165, 1.54) is 11.3 Å². The Balaban J connectivity index is 1.34. The molecule has 9 heteroatoms. The van der Waals surface area contributed by atoms with Crippen molar-refractivity contribution in [3.05, 3.63) is 75.8 Å². The van der Waals surface area contributed by atoms with Gasteiger partial charge in [0.1, 0.15) is 0 Å². The summed E-state index contributed by atoms with van der Waals surface area (Å²) >= 11 is 7.27. The van der Waals surface area contributed by atoms with Crippen molar-refractivity contribution in [1.82, 2.24) is 14.9 Å². The number of aromatic nitrogens is 2. The van der Waals surface area contributed by atoms with Gasteiger partial charge in [-0.2, -0.15) is 0 Å². The average Bonchev–Trinajstić information content (AvgIpc) is 3.36. The summed E-state index contributed by atoms with van der Waals surface area (Å²) in [6.07, 6.45) is 0.800. The fourth-order valence-corrected chi connectivity index (χ4v) is 5.40. The first-order chi connectivity index (χ1) is 17.9. The number of fused-ring (bicyclic) bond motifs is 2. The summed E-state index contributed by atoms with van der Waals surface area (Å²) in [6, 6.07) is 14.9. The Bertz CT molecular complexity index is 1450. The van der Waals surface area contributed by atoms with E-state index >= 15 is 0 Å². The Morgan fingerprint density at radius 2 is 1.95 bits per heavy atom. The van der Waals surface area contributed by atoms with Gasteiger partial charge in [-0.25, -0.2) is 9.78 Å². The van der Waals surface area contributed by atoms with Crippen LogP contribution in [0.15, 0.2) is 53.9 Å². The first kappa shape index (κ1) is 25.3. The number of nitrogens with zero attached hydrogens (tertiary/aromatic N) is 3. The molecule has 0 aliphatic carbocycles. The lowest BCUT2D eigenvalue weighted by Crippen LogP contribution is -2.34. The van der Waals surface area contributed by atoms with Crippen molar-refractivity contribution in [2.75, 3.05) is 18.4 Å². The summed E-state index contributed by atoms with van der Waals surface area (Å²) in [7, 11) is 0. The number of carbonyl (C=O) groups excluding carboxylic acids is 2. The minimum Gasteiger partial charge on any atom is -0.449 e. The summed E-state index contributed by atoms with van der Waals surface area (Å²) in [5.74, 6) is -0.956. The fourth-order valence-electron chi connectivity index (χ4n) is 4.55. The van der Waals surface area contributed by atoms with Crippen molar-refractivity contribution >= 4 is 50.8 Å². The fraction of sp³-hybridized carbons (Fsp3) is 0.286. The van der Waals surface area contributed by atoms with Crippen LogP contribution in [0.3, 0.4) is 0 Å². The number of rotatable bonds is 7. The molecule has 1 unspecified atom stereocenters. The number of anilines is 1. The van der Waals surface area contributed by atoms with E-state index in [2.05, 4.69) is 22.1 Å². The summed E-state index contributed by atoms with van der Waals surface area (Å²) in [5, 5.41) is 6.44. The van der Waals surface area contributed by atoms with E-state index in [-0.39, 0.29) is 0 Å². The number of ether oxygens (including phenoxy) is 1. The van der Waals surface area contributed by atoms with Gasteiger partial charge in [0, 0.05) is 52.1 Å². The van der Waals surface area contributed by atoms with Crippen LogP contribution in [0, 0.1) is 0 Å². The number of esters is 1. The third kappa shape index (κ3) is 5.51. The predicted molar refractivity (Wildman–Crippen MR) is 147 cm³/mol. The van der Waals surface area contributed by atoms with Crippen molar-refractivity contribution < 1.29 is 14.3 Å². The summed E-state index contributed by atoms with van der Waals surface area (Å²) < 4.78 is 5.71. The minimum absolute atomic E-state index is 0.430. The Labute approximate surface area is 224 Å². The molecule has 1 amide bonds. The Morgan fingerprint density at radius 3 is 2.73 bits per heavy atom. The molecule has 5 rings (SSSR count). The highest BCUT2D eigenvalue weighted by atomic mass is 35.5. The first-order valence-electron chi connectivity index (χ1n) is 12.3. The number of benzene rings is 2. The third-order valence-electron chi connectivity index (χ3n) is 6.40. The number of hydrogen-bond donors (Lipinski definition) is 1. The van der Waals surface area contributed by atoms with Gasteiger partial charge >= 0.3 is 5.97 Å². The van der Waals surface area contributed by atoms with Crippen LogP contribution in [0.25, 0.3) is 22.2 Å². The number of para-hydroxylation sites is 1. The topological polar surface area (TPSA) is 84.4 Å². The number of hydrogen-bond acceptors (Lipinski definition) is 7. The summed E-state index contributed by atoms with van der Waals surface area (Å²) in [5.41, 5.74) is 4.70. The molecule has 0 spiro atoms. The molecule has 7 nitrogen and oxygen atoms in total. The molecule has 37 heavy (non-hydrogen) atoms. The summed E-state index contributed by atoms with van der Waals surface area (Å²) in [4.78, 5) is 38.0. The number of thiazole rings is 1. The van der Waals surface area contributed by atoms with Gasteiger partial charge in [-0.05, 0) is 38.1 Å². The molecule has 1 atom stereocenters. The van der Waals surface area contributed by atoms with Gasteiger partial charge in [0.15, 0.2) is 11.2 Å². The molecule has 2 aromatic carbocycles. The maximum atomic E-state index is 13.5. The largest absolute Gasteiger partial charge is 0.449 e. The second-order valence-electron chi connectivity index (χ2n) is 9.04.